The van der Waals surface area contributed by atoms with E-state index in [2.05, 4.69) is 235 Å². The first-order chi connectivity index (χ1) is 31.2. The van der Waals surface area contributed by atoms with E-state index in [1.165, 1.54) is 98.7 Å². The van der Waals surface area contributed by atoms with Crippen molar-refractivity contribution >= 4 is 69.6 Å². The van der Waals surface area contributed by atoms with Crippen molar-refractivity contribution < 1.29 is 20.8 Å². The molecule has 2 radical (unpaired) electrons. The van der Waals surface area contributed by atoms with Crippen LogP contribution in [0.2, 0.25) is 13.1 Å². The van der Waals surface area contributed by atoms with E-state index in [0.29, 0.717) is 11.8 Å². The van der Waals surface area contributed by atoms with Crippen molar-refractivity contribution in [2.75, 3.05) is 0 Å². The minimum absolute atomic E-state index is 0.665. The van der Waals surface area contributed by atoms with Gasteiger partial charge in [-0.15, -0.1) is 69.1 Å². The van der Waals surface area contributed by atoms with Gasteiger partial charge < -0.3 is 0 Å². The van der Waals surface area contributed by atoms with E-state index in [-0.39, 0.29) is 0 Å². The molecule has 0 heterocycles. The van der Waals surface area contributed by atoms with E-state index < -0.39 is 20.8 Å². The van der Waals surface area contributed by atoms with Crippen molar-refractivity contribution in [2.24, 2.45) is 11.8 Å². The predicted octanol–water partition coefficient (Wildman–Crippen LogP) is 18.7. The molecule has 0 amide bonds. The van der Waals surface area contributed by atoms with Crippen LogP contribution >= 0.6 is 17.0 Å². The van der Waals surface area contributed by atoms with Crippen LogP contribution in [0.15, 0.2) is 194 Å². The summed E-state index contributed by atoms with van der Waals surface area (Å²) in [4.78, 5) is 0. The Morgan fingerprint density at radius 1 is 0.391 bits per heavy atom. The standard InChI is InChI=1S/2C29H25.C2H6Si.2ClH.Zr/c2*1-20(2)17-21-18-23-11-8-16-28(29(23)19-21)27-14-6-5-13-26(27)25-15-7-10-22-9-3-4-12-24(22)25;1-3-2;;;/h2*3-16,18-20H,17H2,1-2H3;1-2H3;2*1H;/q2*-1;;;;+4/p-2. The van der Waals surface area contributed by atoms with E-state index in [1.54, 1.807) is 0 Å². The maximum absolute atomic E-state index is 4.93. The van der Waals surface area contributed by atoms with Crippen LogP contribution in [0.5, 0.6) is 0 Å². The van der Waals surface area contributed by atoms with Crippen LogP contribution in [-0.4, -0.2) is 9.52 Å². The molecule has 4 heteroatoms. The van der Waals surface area contributed by atoms with E-state index in [4.69, 9.17) is 17.0 Å². The van der Waals surface area contributed by atoms with Gasteiger partial charge in [-0.2, -0.15) is 12.1 Å². The molecule has 318 valence electrons. The Labute approximate surface area is 402 Å². The maximum atomic E-state index is 4.93. The number of rotatable bonds is 8. The van der Waals surface area contributed by atoms with Gasteiger partial charge in [-0.25, -0.2) is 0 Å². The molecule has 10 rings (SSSR count). The molecule has 0 aromatic heterocycles. The van der Waals surface area contributed by atoms with Crippen LogP contribution in [-0.2, 0) is 33.7 Å². The van der Waals surface area contributed by atoms with Gasteiger partial charge in [0.25, 0.3) is 0 Å². The summed E-state index contributed by atoms with van der Waals surface area (Å²) < 4.78 is 0. The van der Waals surface area contributed by atoms with Crippen LogP contribution in [0.4, 0.5) is 0 Å². The second-order valence-electron chi connectivity index (χ2n) is 17.3. The monoisotopic (exact) mass is 964 g/mol. The number of hydrogen-bond acceptors (Lipinski definition) is 0. The molecule has 0 aliphatic carbocycles. The van der Waals surface area contributed by atoms with Gasteiger partial charge in [0.15, 0.2) is 0 Å². The Bertz CT molecular complexity index is 2860. The summed E-state index contributed by atoms with van der Waals surface area (Å²) in [6.07, 6.45) is 2.25. The van der Waals surface area contributed by atoms with E-state index in [9.17, 15) is 0 Å². The summed E-state index contributed by atoms with van der Waals surface area (Å²) in [5.74, 6) is 1.33. The number of fused-ring (bicyclic) bond motifs is 4. The zero-order valence-corrected chi connectivity index (χ0v) is 42.8. The molecule has 0 N–H and O–H groups in total. The molecule has 10 aromatic rings. The SMILES string of the molecule is CC(C)Cc1cc2c(-c3ccccc3-c3cccc4ccccc34)cccc2[cH-]1.CC(C)Cc1cc2c(-c3ccccc3-c3cccc4ccccc34)cccc2[cH-]1.C[Si]C.[Cl][Zr+2][Cl]. The van der Waals surface area contributed by atoms with E-state index in [0.717, 1.165) is 22.4 Å². The van der Waals surface area contributed by atoms with Gasteiger partial charge >= 0.3 is 37.9 Å². The molecule has 0 aliphatic rings. The summed E-state index contributed by atoms with van der Waals surface area (Å²) in [7, 11) is 11.0. The van der Waals surface area contributed by atoms with Crippen LogP contribution < -0.4 is 0 Å². The van der Waals surface area contributed by atoms with Gasteiger partial charge in [0, 0.05) is 9.52 Å². The van der Waals surface area contributed by atoms with E-state index >= 15 is 0 Å². The third-order valence-electron chi connectivity index (χ3n) is 11.5. The molecule has 0 aliphatic heterocycles. The molecule has 0 fully saturated rings. The number of hydrogen-bond donors (Lipinski definition) is 0. The van der Waals surface area contributed by atoms with Crippen molar-refractivity contribution in [2.45, 2.75) is 53.6 Å². The molecule has 0 nitrogen and oxygen atoms in total. The van der Waals surface area contributed by atoms with Crippen molar-refractivity contribution in [3.8, 4) is 44.5 Å². The second kappa shape index (κ2) is 22.9. The zero-order valence-electron chi connectivity index (χ0n) is 37.8. The quantitative estimate of drug-likeness (QED) is 0.105. The summed E-state index contributed by atoms with van der Waals surface area (Å²) in [5.41, 5.74) is 13.3. The first-order valence-electron chi connectivity index (χ1n) is 22.3. The van der Waals surface area contributed by atoms with Crippen molar-refractivity contribution in [1.29, 1.82) is 0 Å². The zero-order chi connectivity index (χ0) is 45.0. The van der Waals surface area contributed by atoms with Crippen molar-refractivity contribution in [3.63, 3.8) is 0 Å². The fourth-order valence-electron chi connectivity index (χ4n) is 9.07. The Hall–Kier alpha value is -4.82. The van der Waals surface area contributed by atoms with Gasteiger partial charge in [0.2, 0.25) is 0 Å². The van der Waals surface area contributed by atoms with Crippen LogP contribution in [0.25, 0.3) is 87.6 Å². The fraction of sp³-hybridized carbons (Fsp3) is 0.167. The average Bonchev–Trinajstić information content (AvgIpc) is 3.92. The molecule has 0 spiro atoms. The Balaban J connectivity index is 0.000000171. The Morgan fingerprint density at radius 2 is 0.656 bits per heavy atom. The molecule has 0 atom stereocenters. The van der Waals surface area contributed by atoms with E-state index in [1.807, 2.05) is 0 Å². The molecular weight excluding hydrogens is 911 g/mol. The summed E-state index contributed by atoms with van der Waals surface area (Å²) >= 11 is -0.826. The summed E-state index contributed by atoms with van der Waals surface area (Å²) in [5, 5.41) is 10.6. The molecule has 10 aromatic carbocycles. The third-order valence-corrected chi connectivity index (χ3v) is 11.5. The first kappa shape index (κ1) is 47.2. The molecule has 0 bridgehead atoms. The topological polar surface area (TPSA) is 0 Å². The van der Waals surface area contributed by atoms with Crippen LogP contribution in [0, 0.1) is 11.8 Å². The van der Waals surface area contributed by atoms with Crippen molar-refractivity contribution in [3.05, 3.63) is 205 Å². The summed E-state index contributed by atoms with van der Waals surface area (Å²) in [6.45, 7) is 13.4. The molecular formula is C60H56Cl2SiZr. The molecule has 64 heavy (non-hydrogen) atoms. The predicted molar refractivity (Wildman–Crippen MR) is 282 cm³/mol. The van der Waals surface area contributed by atoms with Gasteiger partial charge in [-0.1, -0.05) is 198 Å². The minimum atomic E-state index is -0.826. The fourth-order valence-corrected chi connectivity index (χ4v) is 9.07. The van der Waals surface area contributed by atoms with Crippen LogP contribution in [0.3, 0.4) is 0 Å². The Kier molecular flexibility index (Phi) is 16.9. The number of benzene rings is 8. The van der Waals surface area contributed by atoms with Gasteiger partial charge in [0.1, 0.15) is 0 Å². The normalized spacial score (nSPS) is 10.9. The molecule has 0 unspecified atom stereocenters. The third kappa shape index (κ3) is 11.2. The van der Waals surface area contributed by atoms with Crippen LogP contribution in [0.1, 0.15) is 38.8 Å². The van der Waals surface area contributed by atoms with Gasteiger partial charge in [-0.05, 0) is 79.6 Å². The first-order valence-corrected chi connectivity index (χ1v) is 30.6. The van der Waals surface area contributed by atoms with Gasteiger partial charge in [-0.3, -0.25) is 0 Å². The van der Waals surface area contributed by atoms with Crippen molar-refractivity contribution in [1.82, 2.24) is 0 Å². The Morgan fingerprint density at radius 3 is 1.00 bits per heavy atom. The van der Waals surface area contributed by atoms with Gasteiger partial charge in [0.05, 0.1) is 0 Å². The molecule has 0 saturated heterocycles. The average molecular weight is 967 g/mol. The second-order valence-corrected chi connectivity index (χ2v) is 22.0. The molecule has 0 saturated carbocycles. The summed E-state index contributed by atoms with van der Waals surface area (Å²) in [6, 6.07) is 71.1. The number of halogens is 2.